The SMILES string of the molecule is Cl.Cl.O=CC1C=CC=C2N=C(c3cc(F)cc(F)c3)N=C21. The van der Waals surface area contributed by atoms with Crippen LogP contribution in [0.15, 0.2) is 52.1 Å². The van der Waals surface area contributed by atoms with E-state index in [9.17, 15) is 13.6 Å². The molecule has 0 spiro atoms. The number of halogens is 4. The zero-order valence-corrected chi connectivity index (χ0v) is 12.1. The number of fused-ring (bicyclic) bond motifs is 1. The first-order chi connectivity index (χ1) is 9.17. The molecule has 2 aliphatic rings. The van der Waals surface area contributed by atoms with Gasteiger partial charge in [0.15, 0.2) is 5.84 Å². The van der Waals surface area contributed by atoms with Gasteiger partial charge in [0.2, 0.25) is 0 Å². The highest BCUT2D eigenvalue weighted by atomic mass is 35.5. The smallest absolute Gasteiger partial charge is 0.160 e. The second-order valence-electron chi connectivity index (χ2n) is 4.19. The van der Waals surface area contributed by atoms with Gasteiger partial charge >= 0.3 is 0 Å². The van der Waals surface area contributed by atoms with Crippen LogP contribution in [0.2, 0.25) is 0 Å². The lowest BCUT2D eigenvalue weighted by atomic mass is 9.98. The Balaban J connectivity index is 0.00000110. The van der Waals surface area contributed by atoms with Crippen molar-refractivity contribution in [3.05, 3.63) is 59.3 Å². The molecular weight excluding hydrogens is 321 g/mol. The van der Waals surface area contributed by atoms with Gasteiger partial charge < -0.3 is 4.79 Å². The van der Waals surface area contributed by atoms with Crippen LogP contribution in [0.1, 0.15) is 5.56 Å². The Morgan fingerprint density at radius 2 is 1.71 bits per heavy atom. The summed E-state index contributed by atoms with van der Waals surface area (Å²) < 4.78 is 26.3. The molecule has 0 saturated carbocycles. The van der Waals surface area contributed by atoms with Gasteiger partial charge in [0.1, 0.15) is 17.9 Å². The quantitative estimate of drug-likeness (QED) is 0.767. The van der Waals surface area contributed by atoms with Crippen LogP contribution in [0.3, 0.4) is 0 Å². The Hall–Kier alpha value is -1.85. The summed E-state index contributed by atoms with van der Waals surface area (Å²) in [6.45, 7) is 0. The molecule has 21 heavy (non-hydrogen) atoms. The number of amidine groups is 1. The van der Waals surface area contributed by atoms with Crippen LogP contribution < -0.4 is 0 Å². The summed E-state index contributed by atoms with van der Waals surface area (Å²) in [6.07, 6.45) is 5.88. The van der Waals surface area contributed by atoms with E-state index in [0.717, 1.165) is 24.5 Å². The number of aliphatic imine (C=N–C) groups is 2. The molecule has 0 amide bonds. The molecule has 0 aromatic heterocycles. The van der Waals surface area contributed by atoms with Crippen LogP contribution in [-0.2, 0) is 4.79 Å². The third-order valence-corrected chi connectivity index (χ3v) is 2.87. The van der Waals surface area contributed by atoms with E-state index in [-0.39, 0.29) is 36.2 Å². The first kappa shape index (κ1) is 17.2. The van der Waals surface area contributed by atoms with E-state index in [1.54, 1.807) is 18.2 Å². The predicted octanol–water partition coefficient (Wildman–Crippen LogP) is 3.28. The summed E-state index contributed by atoms with van der Waals surface area (Å²) in [5.74, 6) is -1.62. The highest BCUT2D eigenvalue weighted by molar-refractivity contribution is 6.22. The Morgan fingerprint density at radius 1 is 1.05 bits per heavy atom. The van der Waals surface area contributed by atoms with E-state index < -0.39 is 17.6 Å². The molecule has 1 aromatic rings. The molecule has 1 atom stereocenters. The Labute approximate surface area is 132 Å². The molecule has 0 radical (unpaired) electrons. The molecule has 0 saturated heterocycles. The van der Waals surface area contributed by atoms with Crippen molar-refractivity contribution in [2.24, 2.45) is 15.9 Å². The first-order valence-corrected chi connectivity index (χ1v) is 5.65. The third kappa shape index (κ3) is 3.25. The minimum Gasteiger partial charge on any atom is -0.302 e. The summed E-state index contributed by atoms with van der Waals surface area (Å²) in [7, 11) is 0. The summed E-state index contributed by atoms with van der Waals surface area (Å²) in [5, 5.41) is 0. The average Bonchev–Trinajstić information content (AvgIpc) is 2.81. The summed E-state index contributed by atoms with van der Waals surface area (Å²) in [4.78, 5) is 19.3. The molecule has 110 valence electrons. The van der Waals surface area contributed by atoms with Crippen molar-refractivity contribution in [2.75, 3.05) is 0 Å². The van der Waals surface area contributed by atoms with Crippen LogP contribution in [-0.4, -0.2) is 17.8 Å². The Bertz CT molecular complexity index is 676. The minimum absolute atomic E-state index is 0. The fourth-order valence-electron chi connectivity index (χ4n) is 2.02. The maximum atomic E-state index is 13.2. The van der Waals surface area contributed by atoms with Gasteiger partial charge in [0.05, 0.1) is 17.3 Å². The lowest BCUT2D eigenvalue weighted by molar-refractivity contribution is -0.108. The molecular formula is C14H10Cl2F2N2O. The average molecular weight is 331 g/mol. The molecule has 1 aliphatic heterocycles. The van der Waals surface area contributed by atoms with Crippen LogP contribution in [0.5, 0.6) is 0 Å². The molecule has 1 aliphatic carbocycles. The van der Waals surface area contributed by atoms with Crippen molar-refractivity contribution in [2.45, 2.75) is 0 Å². The van der Waals surface area contributed by atoms with Crippen LogP contribution in [0.25, 0.3) is 0 Å². The standard InChI is InChI=1S/C14H8F2N2O.2ClH/c15-10-4-9(5-11(16)6-10)14-17-12-3-1-2-8(7-19)13(12)18-14;;/h1-8H;2*1H. The zero-order valence-electron chi connectivity index (χ0n) is 10.5. The fourth-order valence-corrected chi connectivity index (χ4v) is 2.02. The summed E-state index contributed by atoms with van der Waals surface area (Å²) in [5.41, 5.74) is 1.32. The van der Waals surface area contributed by atoms with E-state index in [1.807, 2.05) is 0 Å². The van der Waals surface area contributed by atoms with Crippen LogP contribution >= 0.6 is 24.8 Å². The Kier molecular flexibility index (Phi) is 5.52. The molecule has 1 unspecified atom stereocenters. The van der Waals surface area contributed by atoms with Crippen LogP contribution in [0.4, 0.5) is 8.78 Å². The maximum Gasteiger partial charge on any atom is 0.160 e. The van der Waals surface area contributed by atoms with Gasteiger partial charge in [-0.3, -0.25) is 0 Å². The molecule has 7 heteroatoms. The van der Waals surface area contributed by atoms with Crippen molar-refractivity contribution >= 4 is 42.6 Å². The number of hydrogen-bond donors (Lipinski definition) is 0. The monoisotopic (exact) mass is 330 g/mol. The Morgan fingerprint density at radius 3 is 2.33 bits per heavy atom. The molecule has 0 N–H and O–H groups in total. The van der Waals surface area contributed by atoms with Gasteiger partial charge in [-0.15, -0.1) is 24.8 Å². The lowest BCUT2D eigenvalue weighted by Crippen LogP contribution is -2.15. The normalized spacial score (nSPS) is 18.6. The van der Waals surface area contributed by atoms with Crippen molar-refractivity contribution in [1.82, 2.24) is 0 Å². The topological polar surface area (TPSA) is 41.8 Å². The molecule has 1 heterocycles. The zero-order chi connectivity index (χ0) is 13.4. The summed E-state index contributed by atoms with van der Waals surface area (Å²) in [6, 6.07) is 3.11. The second kappa shape index (κ2) is 6.74. The van der Waals surface area contributed by atoms with Crippen molar-refractivity contribution in [3.8, 4) is 0 Å². The van der Waals surface area contributed by atoms with E-state index in [1.165, 1.54) is 0 Å². The fraction of sp³-hybridized carbons (Fsp3) is 0.0714. The number of benzene rings is 1. The van der Waals surface area contributed by atoms with Crippen molar-refractivity contribution < 1.29 is 13.6 Å². The number of allylic oxidation sites excluding steroid dienone is 4. The largest absolute Gasteiger partial charge is 0.302 e. The molecule has 0 fully saturated rings. The second-order valence-corrected chi connectivity index (χ2v) is 4.19. The van der Waals surface area contributed by atoms with Crippen molar-refractivity contribution in [3.63, 3.8) is 0 Å². The maximum absolute atomic E-state index is 13.2. The molecule has 0 bridgehead atoms. The molecule has 1 aromatic carbocycles. The van der Waals surface area contributed by atoms with E-state index in [2.05, 4.69) is 9.98 Å². The predicted molar refractivity (Wildman–Crippen MR) is 81.6 cm³/mol. The van der Waals surface area contributed by atoms with Gasteiger partial charge in [0, 0.05) is 11.6 Å². The highest BCUT2D eigenvalue weighted by Crippen LogP contribution is 2.24. The third-order valence-electron chi connectivity index (χ3n) is 2.87. The van der Waals surface area contributed by atoms with E-state index in [0.29, 0.717) is 11.4 Å². The lowest BCUT2D eigenvalue weighted by Gasteiger charge is -2.08. The molecule has 3 nitrogen and oxygen atoms in total. The van der Waals surface area contributed by atoms with Gasteiger partial charge in [-0.05, 0) is 18.2 Å². The minimum atomic E-state index is -0.688. The van der Waals surface area contributed by atoms with Crippen LogP contribution in [0, 0.1) is 17.6 Å². The van der Waals surface area contributed by atoms with Gasteiger partial charge in [-0.1, -0.05) is 12.2 Å². The first-order valence-electron chi connectivity index (χ1n) is 5.65. The highest BCUT2D eigenvalue weighted by Gasteiger charge is 2.25. The number of carbonyl (C=O) groups excluding carboxylic acids is 1. The van der Waals surface area contributed by atoms with Gasteiger partial charge in [-0.25, -0.2) is 18.8 Å². The van der Waals surface area contributed by atoms with Gasteiger partial charge in [0.25, 0.3) is 0 Å². The summed E-state index contributed by atoms with van der Waals surface area (Å²) >= 11 is 0. The molecule has 3 rings (SSSR count). The van der Waals surface area contributed by atoms with E-state index in [4.69, 9.17) is 0 Å². The number of carbonyl (C=O) groups is 1. The number of rotatable bonds is 2. The number of hydrogen-bond acceptors (Lipinski definition) is 3. The van der Waals surface area contributed by atoms with Crippen molar-refractivity contribution in [1.29, 1.82) is 0 Å². The number of nitrogens with zero attached hydrogens (tertiary/aromatic N) is 2. The van der Waals surface area contributed by atoms with Gasteiger partial charge in [-0.2, -0.15) is 0 Å². The van der Waals surface area contributed by atoms with E-state index >= 15 is 0 Å². The number of aldehydes is 1.